The summed E-state index contributed by atoms with van der Waals surface area (Å²) in [7, 11) is -0.217. The second kappa shape index (κ2) is 9.90. The molecule has 9 heteroatoms. The monoisotopic (exact) mass is 445 g/mol. The molecule has 0 saturated carbocycles. The molecule has 7 nitrogen and oxygen atoms in total. The number of sulfone groups is 1. The first-order valence-corrected chi connectivity index (χ1v) is 10.9. The fourth-order valence-corrected chi connectivity index (χ4v) is 4.58. The summed E-state index contributed by atoms with van der Waals surface area (Å²) in [5, 5.41) is 11.9. The number of hydrogen-bond donors (Lipinski definition) is 0. The average Bonchev–Trinajstić information content (AvgIpc) is 2.58. The molecule has 1 aromatic carbocycles. The molecule has 0 amide bonds. The highest BCUT2D eigenvalue weighted by atomic mass is 79.9. The topological polar surface area (TPSA) is 83.8 Å². The van der Waals surface area contributed by atoms with E-state index in [0.29, 0.717) is 30.7 Å². The van der Waals surface area contributed by atoms with Crippen LogP contribution in [0.15, 0.2) is 17.0 Å². The van der Waals surface area contributed by atoms with Crippen molar-refractivity contribution in [1.82, 2.24) is 4.90 Å². The fraction of sp³-hybridized carbons (Fsp3) is 0.529. The number of alkyl halides is 1. The van der Waals surface area contributed by atoms with Crippen molar-refractivity contribution < 1.29 is 13.3 Å². The molecule has 0 unspecified atom stereocenters. The van der Waals surface area contributed by atoms with Crippen molar-refractivity contribution in [2.24, 2.45) is 0 Å². The SMILES string of the molecule is C#Cc1cc([N+](=O)[O-])cc(S(=O)(=O)CCN(C)C)c1N(CCC)CCBr. The van der Waals surface area contributed by atoms with Crippen LogP contribution in [0.2, 0.25) is 0 Å². The first-order chi connectivity index (χ1) is 12.2. The van der Waals surface area contributed by atoms with Crippen LogP contribution in [-0.2, 0) is 9.84 Å². The Bertz CT molecular complexity index is 782. The normalized spacial score (nSPS) is 11.4. The average molecular weight is 446 g/mol. The molecular formula is C17H24BrN3O4S. The van der Waals surface area contributed by atoms with E-state index in [1.807, 2.05) is 11.8 Å². The minimum atomic E-state index is -3.75. The number of rotatable bonds is 10. The van der Waals surface area contributed by atoms with Gasteiger partial charge in [-0.15, -0.1) is 6.42 Å². The molecule has 1 aromatic rings. The summed E-state index contributed by atoms with van der Waals surface area (Å²) in [5.41, 5.74) is 0.274. The Kier molecular flexibility index (Phi) is 8.53. The highest BCUT2D eigenvalue weighted by molar-refractivity contribution is 9.09. The summed E-state index contributed by atoms with van der Waals surface area (Å²) in [6.07, 6.45) is 6.35. The second-order valence-electron chi connectivity index (χ2n) is 6.04. The van der Waals surface area contributed by atoms with Crippen LogP contribution < -0.4 is 4.90 Å². The van der Waals surface area contributed by atoms with Crippen molar-refractivity contribution >= 4 is 37.1 Å². The minimum absolute atomic E-state index is 0.0732. The third kappa shape index (κ3) is 5.69. The van der Waals surface area contributed by atoms with Gasteiger partial charge in [-0.3, -0.25) is 10.1 Å². The summed E-state index contributed by atoms with van der Waals surface area (Å²) in [5.74, 6) is 2.28. The Morgan fingerprint density at radius 1 is 1.27 bits per heavy atom. The van der Waals surface area contributed by atoms with Crippen molar-refractivity contribution in [2.75, 3.05) is 49.7 Å². The lowest BCUT2D eigenvalue weighted by molar-refractivity contribution is -0.385. The van der Waals surface area contributed by atoms with Crippen LogP contribution in [-0.4, -0.2) is 63.1 Å². The summed E-state index contributed by atoms with van der Waals surface area (Å²) in [6, 6.07) is 2.38. The van der Waals surface area contributed by atoms with E-state index >= 15 is 0 Å². The van der Waals surface area contributed by atoms with Gasteiger partial charge in [-0.1, -0.05) is 28.8 Å². The predicted molar refractivity (Wildman–Crippen MR) is 108 cm³/mol. The fourth-order valence-electron chi connectivity index (χ4n) is 2.49. The van der Waals surface area contributed by atoms with Crippen molar-refractivity contribution in [3.63, 3.8) is 0 Å². The van der Waals surface area contributed by atoms with E-state index in [1.54, 1.807) is 19.0 Å². The molecule has 1 rings (SSSR count). The Balaban J connectivity index is 3.69. The zero-order valence-corrected chi connectivity index (χ0v) is 17.6. The maximum absolute atomic E-state index is 13.0. The highest BCUT2D eigenvalue weighted by Gasteiger charge is 2.28. The summed E-state index contributed by atoms with van der Waals surface area (Å²) >= 11 is 3.37. The van der Waals surface area contributed by atoms with E-state index < -0.39 is 14.8 Å². The van der Waals surface area contributed by atoms with Gasteiger partial charge in [0.05, 0.1) is 26.8 Å². The van der Waals surface area contributed by atoms with E-state index in [-0.39, 0.29) is 21.9 Å². The Morgan fingerprint density at radius 3 is 2.38 bits per heavy atom. The van der Waals surface area contributed by atoms with Gasteiger partial charge in [-0.2, -0.15) is 0 Å². The van der Waals surface area contributed by atoms with Crippen molar-refractivity contribution in [3.8, 4) is 12.3 Å². The Hall–Kier alpha value is -1.63. The molecule has 0 N–H and O–H groups in total. The van der Waals surface area contributed by atoms with Gasteiger partial charge in [0.15, 0.2) is 9.84 Å². The largest absolute Gasteiger partial charge is 0.369 e. The molecule has 0 aliphatic rings. The number of terminal acetylenes is 1. The third-order valence-corrected chi connectivity index (χ3v) is 5.79. The number of nitro benzene ring substituents is 1. The number of anilines is 1. The molecule has 0 heterocycles. The van der Waals surface area contributed by atoms with Gasteiger partial charge in [0.25, 0.3) is 5.69 Å². The van der Waals surface area contributed by atoms with Gasteiger partial charge >= 0.3 is 0 Å². The number of nitrogens with zero attached hydrogens (tertiary/aromatic N) is 3. The number of nitro groups is 1. The Morgan fingerprint density at radius 2 is 1.92 bits per heavy atom. The van der Waals surface area contributed by atoms with Crippen LogP contribution >= 0.6 is 15.9 Å². The van der Waals surface area contributed by atoms with E-state index in [0.717, 1.165) is 12.5 Å². The van der Waals surface area contributed by atoms with Crippen molar-refractivity contribution in [1.29, 1.82) is 0 Å². The first kappa shape index (κ1) is 22.4. The number of benzene rings is 1. The van der Waals surface area contributed by atoms with E-state index in [9.17, 15) is 18.5 Å². The summed E-state index contributed by atoms with van der Waals surface area (Å²) in [6.45, 7) is 3.41. The lowest BCUT2D eigenvalue weighted by atomic mass is 10.1. The molecule has 0 fully saturated rings. The maximum atomic E-state index is 13.0. The molecule has 0 bridgehead atoms. The quantitative estimate of drug-likeness (QED) is 0.238. The molecule has 0 saturated heterocycles. The maximum Gasteiger partial charge on any atom is 0.272 e. The minimum Gasteiger partial charge on any atom is -0.369 e. The van der Waals surface area contributed by atoms with Crippen molar-refractivity contribution in [2.45, 2.75) is 18.2 Å². The third-order valence-electron chi connectivity index (χ3n) is 3.73. The molecule has 0 radical (unpaired) electrons. The van der Waals surface area contributed by atoms with Crippen LogP contribution in [0.1, 0.15) is 18.9 Å². The van der Waals surface area contributed by atoms with Crippen LogP contribution in [0.4, 0.5) is 11.4 Å². The van der Waals surface area contributed by atoms with Gasteiger partial charge in [-0.25, -0.2) is 8.42 Å². The lowest BCUT2D eigenvalue weighted by Crippen LogP contribution is -2.30. The highest BCUT2D eigenvalue weighted by Crippen LogP contribution is 2.34. The number of hydrogen-bond acceptors (Lipinski definition) is 6. The van der Waals surface area contributed by atoms with Crippen LogP contribution in [0, 0.1) is 22.5 Å². The smallest absolute Gasteiger partial charge is 0.272 e. The number of non-ortho nitro benzene ring substituents is 1. The summed E-state index contributed by atoms with van der Waals surface area (Å²) in [4.78, 5) is 14.2. The zero-order valence-electron chi connectivity index (χ0n) is 15.2. The standard InChI is InChI=1S/C17H24BrN3O4S/c1-5-8-20(9-7-18)17-14(6-2)12-15(21(22)23)13-16(17)26(24,25)11-10-19(3)4/h2,12-13H,5,7-11H2,1,3-4H3. The number of halogens is 1. The first-order valence-electron chi connectivity index (χ1n) is 8.15. The molecule has 144 valence electrons. The Labute approximate surface area is 163 Å². The zero-order chi connectivity index (χ0) is 19.9. The lowest BCUT2D eigenvalue weighted by Gasteiger charge is -2.27. The predicted octanol–water partition coefficient (Wildman–Crippen LogP) is 2.52. The van der Waals surface area contributed by atoms with Gasteiger partial charge in [0, 0.05) is 37.1 Å². The molecular weight excluding hydrogens is 422 g/mol. The molecule has 0 aliphatic heterocycles. The molecule has 26 heavy (non-hydrogen) atoms. The van der Waals surface area contributed by atoms with Crippen molar-refractivity contribution in [3.05, 3.63) is 27.8 Å². The van der Waals surface area contributed by atoms with Gasteiger partial charge < -0.3 is 9.80 Å². The van der Waals surface area contributed by atoms with Crippen LogP contribution in [0.3, 0.4) is 0 Å². The van der Waals surface area contributed by atoms with Gasteiger partial charge in [-0.05, 0) is 20.5 Å². The van der Waals surface area contributed by atoms with E-state index in [2.05, 4.69) is 21.9 Å². The van der Waals surface area contributed by atoms with E-state index in [1.165, 1.54) is 6.07 Å². The molecule has 0 atom stereocenters. The van der Waals surface area contributed by atoms with Crippen LogP contribution in [0.5, 0.6) is 0 Å². The molecule has 0 spiro atoms. The molecule has 0 aromatic heterocycles. The van der Waals surface area contributed by atoms with Gasteiger partial charge in [0.1, 0.15) is 0 Å². The van der Waals surface area contributed by atoms with Gasteiger partial charge in [0.2, 0.25) is 0 Å². The second-order valence-corrected chi connectivity index (χ2v) is 8.91. The summed E-state index contributed by atoms with van der Waals surface area (Å²) < 4.78 is 25.9. The van der Waals surface area contributed by atoms with E-state index in [4.69, 9.17) is 6.42 Å². The molecule has 0 aliphatic carbocycles. The van der Waals surface area contributed by atoms with Crippen LogP contribution in [0.25, 0.3) is 0 Å².